The molecule has 0 aliphatic heterocycles. The average molecular weight is 281 g/mol. The zero-order chi connectivity index (χ0) is 15.3. The molecule has 0 radical (unpaired) electrons. The Morgan fingerprint density at radius 3 is 2.55 bits per heavy atom. The number of aryl methyl sites for hydroxylation is 3. The fraction of sp³-hybridized carbons (Fsp3) is 0.643. The van der Waals surface area contributed by atoms with Crippen LogP contribution in [0.15, 0.2) is 6.07 Å². The zero-order valence-electron chi connectivity index (χ0n) is 12.5. The van der Waals surface area contributed by atoms with Gasteiger partial charge < -0.3 is 10.4 Å². The number of carbonyl (C=O) groups is 2. The first kappa shape index (κ1) is 16.2. The maximum atomic E-state index is 11.9. The monoisotopic (exact) mass is 281 g/mol. The number of nitrogens with zero attached hydrogens (tertiary/aromatic N) is 2. The number of carboxylic acid groups (broad SMARTS) is 1. The first-order valence-electron chi connectivity index (χ1n) is 6.88. The summed E-state index contributed by atoms with van der Waals surface area (Å²) in [4.78, 5) is 23.0. The fourth-order valence-corrected chi connectivity index (χ4v) is 2.04. The molecule has 2 atom stereocenters. The molecule has 0 aliphatic rings. The molecule has 0 saturated carbocycles. The molecule has 0 bridgehead atoms. The van der Waals surface area contributed by atoms with Gasteiger partial charge in [0.2, 0.25) is 5.91 Å². The van der Waals surface area contributed by atoms with Gasteiger partial charge in [-0.1, -0.05) is 20.3 Å². The van der Waals surface area contributed by atoms with Crippen LogP contribution in [-0.2, 0) is 16.1 Å². The van der Waals surface area contributed by atoms with Gasteiger partial charge >= 0.3 is 5.97 Å². The second kappa shape index (κ2) is 7.07. The molecule has 2 N–H and O–H groups in total. The summed E-state index contributed by atoms with van der Waals surface area (Å²) in [5.74, 6) is -1.34. The third-order valence-corrected chi connectivity index (χ3v) is 3.45. The van der Waals surface area contributed by atoms with E-state index in [0.717, 1.165) is 11.4 Å². The molecule has 1 aromatic heterocycles. The van der Waals surface area contributed by atoms with Crippen molar-refractivity contribution in [1.29, 1.82) is 0 Å². The molecule has 0 saturated heterocycles. The van der Waals surface area contributed by atoms with Crippen LogP contribution in [0.4, 0.5) is 0 Å². The van der Waals surface area contributed by atoms with Crippen LogP contribution in [0.2, 0.25) is 0 Å². The van der Waals surface area contributed by atoms with Gasteiger partial charge in [-0.2, -0.15) is 5.10 Å². The highest BCUT2D eigenvalue weighted by Gasteiger charge is 2.25. The molecule has 0 aliphatic carbocycles. The van der Waals surface area contributed by atoms with Crippen molar-refractivity contribution in [3.05, 3.63) is 17.5 Å². The van der Waals surface area contributed by atoms with Crippen LogP contribution in [0.5, 0.6) is 0 Å². The van der Waals surface area contributed by atoms with Crippen molar-refractivity contribution in [2.45, 2.75) is 53.1 Å². The minimum Gasteiger partial charge on any atom is -0.480 e. The summed E-state index contributed by atoms with van der Waals surface area (Å²) in [5, 5.41) is 16.0. The number of carboxylic acids is 1. The van der Waals surface area contributed by atoms with Gasteiger partial charge in [0.05, 0.1) is 5.69 Å². The van der Waals surface area contributed by atoms with Crippen molar-refractivity contribution in [3.8, 4) is 0 Å². The Labute approximate surface area is 119 Å². The maximum absolute atomic E-state index is 11.9. The molecular weight excluding hydrogens is 258 g/mol. The number of rotatable bonds is 7. The van der Waals surface area contributed by atoms with Gasteiger partial charge in [0.1, 0.15) is 6.04 Å². The molecule has 1 aromatic rings. The van der Waals surface area contributed by atoms with Gasteiger partial charge in [-0.25, -0.2) is 4.79 Å². The summed E-state index contributed by atoms with van der Waals surface area (Å²) in [6.45, 7) is 8.01. The van der Waals surface area contributed by atoms with Crippen LogP contribution in [0.25, 0.3) is 0 Å². The molecule has 112 valence electrons. The third-order valence-electron chi connectivity index (χ3n) is 3.45. The largest absolute Gasteiger partial charge is 0.480 e. The van der Waals surface area contributed by atoms with E-state index >= 15 is 0 Å². The van der Waals surface area contributed by atoms with E-state index in [0.29, 0.717) is 13.0 Å². The van der Waals surface area contributed by atoms with Gasteiger partial charge in [0, 0.05) is 18.7 Å². The van der Waals surface area contributed by atoms with Gasteiger partial charge in [0.25, 0.3) is 0 Å². The Bertz CT molecular complexity index is 482. The first-order valence-corrected chi connectivity index (χ1v) is 6.88. The van der Waals surface area contributed by atoms with Gasteiger partial charge in [-0.3, -0.25) is 9.48 Å². The van der Waals surface area contributed by atoms with E-state index in [9.17, 15) is 9.59 Å². The summed E-state index contributed by atoms with van der Waals surface area (Å²) < 4.78 is 1.76. The van der Waals surface area contributed by atoms with Gasteiger partial charge in [0.15, 0.2) is 0 Å². The maximum Gasteiger partial charge on any atom is 0.326 e. The van der Waals surface area contributed by atoms with Crippen molar-refractivity contribution >= 4 is 11.9 Å². The SMILES string of the molecule is CCC(C)[C@H](NC(=O)CCn1nc(C)cc1C)C(=O)O. The van der Waals surface area contributed by atoms with E-state index in [2.05, 4.69) is 10.4 Å². The Balaban J connectivity index is 2.54. The summed E-state index contributed by atoms with van der Waals surface area (Å²) in [6, 6.07) is 1.12. The van der Waals surface area contributed by atoms with Crippen molar-refractivity contribution in [1.82, 2.24) is 15.1 Å². The van der Waals surface area contributed by atoms with Gasteiger partial charge in [-0.15, -0.1) is 0 Å². The third kappa shape index (κ3) is 4.36. The lowest BCUT2D eigenvalue weighted by atomic mass is 9.99. The van der Waals surface area contributed by atoms with Crippen molar-refractivity contribution in [2.75, 3.05) is 0 Å². The lowest BCUT2D eigenvalue weighted by molar-refractivity contribution is -0.143. The van der Waals surface area contributed by atoms with Crippen LogP contribution in [-0.4, -0.2) is 32.8 Å². The first-order chi connectivity index (χ1) is 9.35. The Kier molecular flexibility index (Phi) is 5.73. The van der Waals surface area contributed by atoms with Crippen LogP contribution in [0.1, 0.15) is 38.1 Å². The lowest BCUT2D eigenvalue weighted by Gasteiger charge is -2.20. The molecule has 0 aromatic carbocycles. The number of nitrogens with one attached hydrogen (secondary N) is 1. The number of hydrogen-bond acceptors (Lipinski definition) is 3. The van der Waals surface area contributed by atoms with Crippen molar-refractivity contribution < 1.29 is 14.7 Å². The molecule has 6 heteroatoms. The highest BCUT2D eigenvalue weighted by molar-refractivity contribution is 5.83. The Hall–Kier alpha value is -1.85. The Morgan fingerprint density at radius 1 is 1.45 bits per heavy atom. The summed E-state index contributed by atoms with van der Waals surface area (Å²) in [5.41, 5.74) is 1.90. The smallest absolute Gasteiger partial charge is 0.326 e. The second-order valence-corrected chi connectivity index (χ2v) is 5.17. The molecule has 0 fully saturated rings. The highest BCUT2D eigenvalue weighted by atomic mass is 16.4. The molecule has 1 unspecified atom stereocenters. The minimum atomic E-state index is -0.987. The normalized spacial score (nSPS) is 13.8. The minimum absolute atomic E-state index is 0.0925. The van der Waals surface area contributed by atoms with E-state index in [4.69, 9.17) is 5.11 Å². The summed E-state index contributed by atoms with van der Waals surface area (Å²) in [7, 11) is 0. The van der Waals surface area contributed by atoms with Crippen LogP contribution in [0, 0.1) is 19.8 Å². The van der Waals surface area contributed by atoms with E-state index in [1.54, 1.807) is 4.68 Å². The van der Waals surface area contributed by atoms with Crippen molar-refractivity contribution in [2.24, 2.45) is 5.92 Å². The predicted octanol–water partition coefficient (Wildman–Crippen LogP) is 1.51. The van der Waals surface area contributed by atoms with Crippen LogP contribution >= 0.6 is 0 Å². The standard InChI is InChI=1S/C14H23N3O3/c1-5-9(2)13(14(19)20)15-12(18)6-7-17-11(4)8-10(3)16-17/h8-9,13H,5-7H2,1-4H3,(H,15,18)(H,19,20)/t9?,13-/m0/s1. The number of hydrogen-bond donors (Lipinski definition) is 2. The second-order valence-electron chi connectivity index (χ2n) is 5.17. The predicted molar refractivity (Wildman–Crippen MR) is 75.3 cm³/mol. The number of amides is 1. The molecule has 1 amide bonds. The molecule has 6 nitrogen and oxygen atoms in total. The molecule has 20 heavy (non-hydrogen) atoms. The quantitative estimate of drug-likeness (QED) is 0.793. The fourth-order valence-electron chi connectivity index (χ4n) is 2.04. The number of aliphatic carboxylic acids is 1. The zero-order valence-corrected chi connectivity index (χ0v) is 12.5. The topological polar surface area (TPSA) is 84.2 Å². The Morgan fingerprint density at radius 2 is 2.10 bits per heavy atom. The van der Waals surface area contributed by atoms with E-state index in [1.807, 2.05) is 33.8 Å². The van der Waals surface area contributed by atoms with Crippen LogP contribution in [0.3, 0.4) is 0 Å². The number of aromatic nitrogens is 2. The average Bonchev–Trinajstić information content (AvgIpc) is 2.70. The summed E-state index contributed by atoms with van der Waals surface area (Å²) in [6.07, 6.45) is 0.927. The number of carbonyl (C=O) groups excluding carboxylic acids is 1. The lowest BCUT2D eigenvalue weighted by Crippen LogP contribution is -2.45. The van der Waals surface area contributed by atoms with Gasteiger partial charge in [-0.05, 0) is 25.8 Å². The van der Waals surface area contributed by atoms with E-state index in [-0.39, 0.29) is 18.2 Å². The summed E-state index contributed by atoms with van der Waals surface area (Å²) >= 11 is 0. The van der Waals surface area contributed by atoms with E-state index in [1.165, 1.54) is 0 Å². The van der Waals surface area contributed by atoms with Crippen LogP contribution < -0.4 is 5.32 Å². The van der Waals surface area contributed by atoms with E-state index < -0.39 is 12.0 Å². The highest BCUT2D eigenvalue weighted by Crippen LogP contribution is 2.08. The molecule has 1 rings (SSSR count). The van der Waals surface area contributed by atoms with Crippen molar-refractivity contribution in [3.63, 3.8) is 0 Å². The molecular formula is C14H23N3O3. The molecule has 1 heterocycles. The molecule has 0 spiro atoms.